The monoisotopic (exact) mass is 527 g/mol. The van der Waals surface area contributed by atoms with Crippen LogP contribution < -0.4 is 15.2 Å². The Morgan fingerprint density at radius 1 is 0.949 bits per heavy atom. The summed E-state index contributed by atoms with van der Waals surface area (Å²) >= 11 is 0. The van der Waals surface area contributed by atoms with Crippen molar-refractivity contribution in [3.05, 3.63) is 75.3 Å². The molecule has 0 bridgehead atoms. The first-order valence-corrected chi connectivity index (χ1v) is 14.1. The van der Waals surface area contributed by atoms with E-state index in [1.807, 2.05) is 16.8 Å². The number of anilines is 1. The number of pyridine rings is 1. The van der Waals surface area contributed by atoms with Gasteiger partial charge in [-0.05, 0) is 96.1 Å². The zero-order valence-electron chi connectivity index (χ0n) is 23.1. The van der Waals surface area contributed by atoms with Crippen LogP contribution in [0.15, 0.2) is 47.3 Å². The SMILES string of the molecule is COc1ccc(N2CCN([C@@H](c3cc4cc(C)c(C)cc4[nH]c3=O)c3nnnn3C3CCCCC3)CC2)cc1. The molecule has 6 rings (SSSR count). The van der Waals surface area contributed by atoms with Crippen molar-refractivity contribution >= 4 is 16.6 Å². The minimum absolute atomic E-state index is 0.0773. The summed E-state index contributed by atoms with van der Waals surface area (Å²) in [6.07, 6.45) is 5.77. The lowest BCUT2D eigenvalue weighted by atomic mass is 9.95. The standard InChI is InChI=1S/C30H37N7O2/c1-20-17-22-19-26(30(38)31-27(22)18-21(20)2)28(29-32-33-34-37(29)24-7-5-4-6-8-24)36-15-13-35(14-16-36)23-9-11-25(39-3)12-10-23/h9-12,17-19,24,28H,4-8,13-16H2,1-3H3,(H,31,38)/t28-/m0/s1. The number of tetrazole rings is 1. The maximum absolute atomic E-state index is 13.7. The molecule has 1 saturated carbocycles. The second-order valence-corrected chi connectivity index (χ2v) is 11.0. The first-order chi connectivity index (χ1) is 19.0. The molecule has 1 N–H and O–H groups in total. The van der Waals surface area contributed by atoms with E-state index in [1.54, 1.807) is 7.11 Å². The number of aryl methyl sites for hydroxylation is 2. The van der Waals surface area contributed by atoms with Crippen molar-refractivity contribution in [2.75, 3.05) is 38.2 Å². The van der Waals surface area contributed by atoms with Gasteiger partial charge in [0, 0.05) is 42.9 Å². The molecular weight excluding hydrogens is 490 g/mol. The van der Waals surface area contributed by atoms with Crippen molar-refractivity contribution in [2.45, 2.75) is 58.0 Å². The van der Waals surface area contributed by atoms with Gasteiger partial charge >= 0.3 is 0 Å². The Kier molecular flexibility index (Phi) is 7.08. The summed E-state index contributed by atoms with van der Waals surface area (Å²) < 4.78 is 7.35. The number of hydrogen-bond acceptors (Lipinski definition) is 7. The highest BCUT2D eigenvalue weighted by Crippen LogP contribution is 2.34. The predicted molar refractivity (Wildman–Crippen MR) is 153 cm³/mol. The summed E-state index contributed by atoms with van der Waals surface area (Å²) in [5.74, 6) is 1.63. The van der Waals surface area contributed by atoms with Gasteiger partial charge in [0.2, 0.25) is 0 Å². The van der Waals surface area contributed by atoms with E-state index in [0.717, 1.165) is 61.5 Å². The Bertz CT molecular complexity index is 1500. The molecule has 2 fully saturated rings. The molecule has 0 amide bonds. The number of aromatic nitrogens is 5. The summed E-state index contributed by atoms with van der Waals surface area (Å²) in [5, 5.41) is 14.2. The number of H-pyrrole nitrogens is 1. The number of nitrogens with one attached hydrogen (secondary N) is 1. The van der Waals surface area contributed by atoms with Crippen LogP contribution in [0.1, 0.15) is 66.7 Å². The molecule has 9 nitrogen and oxygen atoms in total. The average Bonchev–Trinajstić information content (AvgIpc) is 3.45. The topological polar surface area (TPSA) is 92.2 Å². The van der Waals surface area contributed by atoms with Crippen LogP contribution in [-0.2, 0) is 0 Å². The molecule has 2 aromatic carbocycles. The fraction of sp³-hybridized carbons (Fsp3) is 0.467. The highest BCUT2D eigenvalue weighted by atomic mass is 16.5. The lowest BCUT2D eigenvalue weighted by molar-refractivity contribution is 0.192. The van der Waals surface area contributed by atoms with E-state index in [9.17, 15) is 4.79 Å². The zero-order valence-corrected chi connectivity index (χ0v) is 23.1. The van der Waals surface area contributed by atoms with Crippen LogP contribution >= 0.6 is 0 Å². The number of methoxy groups -OCH3 is 1. The molecule has 3 heterocycles. The van der Waals surface area contributed by atoms with Gasteiger partial charge in [0.15, 0.2) is 5.82 Å². The van der Waals surface area contributed by atoms with E-state index in [1.165, 1.54) is 36.1 Å². The highest BCUT2D eigenvalue weighted by molar-refractivity contribution is 5.81. The highest BCUT2D eigenvalue weighted by Gasteiger charge is 2.34. The summed E-state index contributed by atoms with van der Waals surface area (Å²) in [6.45, 7) is 7.45. The van der Waals surface area contributed by atoms with Crippen LogP contribution in [-0.4, -0.2) is 63.4 Å². The van der Waals surface area contributed by atoms with Crippen LogP contribution in [0, 0.1) is 13.8 Å². The molecule has 1 saturated heterocycles. The van der Waals surface area contributed by atoms with E-state index < -0.39 is 0 Å². The third-order valence-electron chi connectivity index (χ3n) is 8.58. The molecule has 39 heavy (non-hydrogen) atoms. The maximum Gasteiger partial charge on any atom is 0.253 e. The summed E-state index contributed by atoms with van der Waals surface area (Å²) in [5.41, 5.74) is 5.04. The minimum atomic E-state index is -0.324. The third-order valence-corrected chi connectivity index (χ3v) is 8.58. The van der Waals surface area contributed by atoms with Gasteiger partial charge in [0.1, 0.15) is 11.8 Å². The Morgan fingerprint density at radius 2 is 1.67 bits per heavy atom. The van der Waals surface area contributed by atoms with E-state index in [-0.39, 0.29) is 17.6 Å². The van der Waals surface area contributed by atoms with E-state index in [4.69, 9.17) is 4.74 Å². The van der Waals surface area contributed by atoms with Crippen molar-refractivity contribution in [1.82, 2.24) is 30.1 Å². The summed E-state index contributed by atoms with van der Waals surface area (Å²) in [6, 6.07) is 14.4. The molecule has 2 aliphatic rings. The van der Waals surface area contributed by atoms with Gasteiger partial charge < -0.3 is 14.6 Å². The normalized spacial score (nSPS) is 18.0. The molecule has 9 heteroatoms. The number of fused-ring (bicyclic) bond motifs is 1. The average molecular weight is 528 g/mol. The van der Waals surface area contributed by atoms with Crippen LogP contribution in [0.5, 0.6) is 5.75 Å². The lowest BCUT2D eigenvalue weighted by Crippen LogP contribution is -2.49. The quantitative estimate of drug-likeness (QED) is 0.393. The van der Waals surface area contributed by atoms with Crippen molar-refractivity contribution in [3.63, 3.8) is 0 Å². The third kappa shape index (κ3) is 5.03. The number of nitrogens with zero attached hydrogens (tertiary/aromatic N) is 6. The number of rotatable bonds is 6. The fourth-order valence-corrected chi connectivity index (χ4v) is 6.19. The van der Waals surface area contributed by atoms with Crippen LogP contribution in [0.2, 0.25) is 0 Å². The first kappa shape index (κ1) is 25.6. The molecule has 0 unspecified atom stereocenters. The number of piperazine rings is 1. The van der Waals surface area contributed by atoms with Gasteiger partial charge in [-0.15, -0.1) is 5.10 Å². The number of benzene rings is 2. The molecule has 1 aliphatic carbocycles. The van der Waals surface area contributed by atoms with Crippen molar-refractivity contribution in [3.8, 4) is 5.75 Å². The van der Waals surface area contributed by atoms with E-state index in [2.05, 4.69) is 74.5 Å². The number of ether oxygens (including phenoxy) is 1. The largest absolute Gasteiger partial charge is 0.497 e. The molecule has 1 atom stereocenters. The maximum atomic E-state index is 13.7. The van der Waals surface area contributed by atoms with Gasteiger partial charge in [-0.2, -0.15) is 0 Å². The molecule has 0 spiro atoms. The van der Waals surface area contributed by atoms with E-state index >= 15 is 0 Å². The van der Waals surface area contributed by atoms with Crippen LogP contribution in [0.3, 0.4) is 0 Å². The van der Waals surface area contributed by atoms with Crippen molar-refractivity contribution in [2.24, 2.45) is 0 Å². The lowest BCUT2D eigenvalue weighted by Gasteiger charge is -2.40. The van der Waals surface area contributed by atoms with Gasteiger partial charge in [-0.3, -0.25) is 9.69 Å². The summed E-state index contributed by atoms with van der Waals surface area (Å²) in [7, 11) is 1.69. The van der Waals surface area contributed by atoms with Crippen molar-refractivity contribution < 1.29 is 4.74 Å². The molecule has 0 radical (unpaired) electrons. The predicted octanol–water partition coefficient (Wildman–Crippen LogP) is 4.56. The Morgan fingerprint density at radius 3 is 2.38 bits per heavy atom. The Hall–Kier alpha value is -3.72. The zero-order chi connectivity index (χ0) is 26.9. The Labute approximate surface area is 228 Å². The van der Waals surface area contributed by atoms with Crippen LogP contribution in [0.25, 0.3) is 10.9 Å². The Balaban J connectivity index is 1.37. The van der Waals surface area contributed by atoms with Gasteiger partial charge in [-0.1, -0.05) is 19.3 Å². The first-order valence-electron chi connectivity index (χ1n) is 14.1. The van der Waals surface area contributed by atoms with Crippen LogP contribution in [0.4, 0.5) is 5.69 Å². The molecular formula is C30H37N7O2. The van der Waals surface area contributed by atoms with Crippen molar-refractivity contribution in [1.29, 1.82) is 0 Å². The van der Waals surface area contributed by atoms with Gasteiger partial charge in [0.05, 0.1) is 13.2 Å². The second-order valence-electron chi connectivity index (χ2n) is 11.0. The summed E-state index contributed by atoms with van der Waals surface area (Å²) in [4.78, 5) is 21.6. The molecule has 4 aromatic rings. The number of aromatic amines is 1. The minimum Gasteiger partial charge on any atom is -0.497 e. The van der Waals surface area contributed by atoms with E-state index in [0.29, 0.717) is 5.56 Å². The molecule has 204 valence electrons. The van der Waals surface area contributed by atoms with Gasteiger partial charge in [0.25, 0.3) is 5.56 Å². The van der Waals surface area contributed by atoms with Gasteiger partial charge in [-0.25, -0.2) is 4.68 Å². The fourth-order valence-electron chi connectivity index (χ4n) is 6.19. The molecule has 1 aliphatic heterocycles. The number of hydrogen-bond donors (Lipinski definition) is 1. The second kappa shape index (κ2) is 10.8. The smallest absolute Gasteiger partial charge is 0.253 e. The molecule has 2 aromatic heterocycles.